The minimum atomic E-state index is -0.425. The second-order valence-corrected chi connectivity index (χ2v) is 9.63. The van der Waals surface area contributed by atoms with Crippen LogP contribution in [-0.2, 0) is 14.3 Å². The van der Waals surface area contributed by atoms with Crippen LogP contribution in [0.1, 0.15) is 6.42 Å². The van der Waals surface area contributed by atoms with Crippen molar-refractivity contribution in [1.29, 1.82) is 0 Å². The quantitative estimate of drug-likeness (QED) is 0.425. The lowest BCUT2D eigenvalue weighted by molar-refractivity contribution is -0.144. The zero-order chi connectivity index (χ0) is 27.4. The van der Waals surface area contributed by atoms with Gasteiger partial charge in [-0.1, -0.05) is 11.6 Å². The highest BCUT2D eigenvalue weighted by Gasteiger charge is 2.26. The van der Waals surface area contributed by atoms with Gasteiger partial charge in [0, 0.05) is 61.1 Å². The monoisotopic (exact) mass is 554 g/mol. The van der Waals surface area contributed by atoms with E-state index in [0.717, 1.165) is 12.2 Å². The maximum Gasteiger partial charge on any atom is 0.324 e. The van der Waals surface area contributed by atoms with Gasteiger partial charge in [0.05, 0.1) is 31.2 Å². The second kappa shape index (κ2) is 11.9. The molecule has 2 aliphatic heterocycles. The van der Waals surface area contributed by atoms with E-state index in [0.29, 0.717) is 66.3 Å². The number of nitrogens with one attached hydrogen (secondary N) is 2. The minimum absolute atomic E-state index is 0.182. The van der Waals surface area contributed by atoms with E-state index in [1.807, 2.05) is 11.0 Å². The first-order valence-corrected chi connectivity index (χ1v) is 12.9. The number of carbonyl (C=O) groups excluding carboxylic acids is 2. The zero-order valence-electron chi connectivity index (χ0n) is 21.3. The van der Waals surface area contributed by atoms with Crippen molar-refractivity contribution in [1.82, 2.24) is 20.2 Å². The van der Waals surface area contributed by atoms with Crippen LogP contribution in [0, 0.1) is 5.82 Å². The first kappa shape index (κ1) is 26.8. The SMILES string of the molecule is COC(=O)C1CN(CCC(=O)Nc2cc(N3CCOc4cnc(-c5cc(Cl)ccc5F)cc43)ccn2)CCN1. The number of piperazine rings is 1. The van der Waals surface area contributed by atoms with Gasteiger partial charge in [-0.15, -0.1) is 0 Å². The molecule has 204 valence electrons. The molecule has 2 aromatic heterocycles. The molecule has 3 aromatic rings. The summed E-state index contributed by atoms with van der Waals surface area (Å²) >= 11 is 6.09. The number of methoxy groups -OCH3 is 1. The molecule has 12 heteroatoms. The lowest BCUT2D eigenvalue weighted by atomic mass is 10.1. The number of hydrogen-bond donors (Lipinski definition) is 2. The summed E-state index contributed by atoms with van der Waals surface area (Å²) in [5.74, 6) is 0.0591. The first-order chi connectivity index (χ1) is 18.9. The maximum atomic E-state index is 14.5. The maximum absolute atomic E-state index is 14.5. The third-order valence-electron chi connectivity index (χ3n) is 6.64. The molecular weight excluding hydrogens is 527 g/mol. The molecule has 1 aromatic carbocycles. The largest absolute Gasteiger partial charge is 0.488 e. The van der Waals surface area contributed by atoms with Gasteiger partial charge in [0.2, 0.25) is 5.91 Å². The molecular formula is C27H28ClFN6O4. The predicted molar refractivity (Wildman–Crippen MR) is 145 cm³/mol. The Labute approximate surface area is 230 Å². The van der Waals surface area contributed by atoms with Crippen molar-refractivity contribution < 1.29 is 23.5 Å². The topological polar surface area (TPSA) is 109 Å². The van der Waals surface area contributed by atoms with Gasteiger partial charge in [-0.3, -0.25) is 19.5 Å². The third kappa shape index (κ3) is 6.27. The van der Waals surface area contributed by atoms with Crippen molar-refractivity contribution in [2.24, 2.45) is 0 Å². The van der Waals surface area contributed by atoms with Crippen molar-refractivity contribution in [3.63, 3.8) is 0 Å². The number of halogens is 2. The van der Waals surface area contributed by atoms with Crippen LogP contribution in [0.4, 0.5) is 21.6 Å². The van der Waals surface area contributed by atoms with Crippen molar-refractivity contribution in [2.45, 2.75) is 12.5 Å². The predicted octanol–water partition coefficient (Wildman–Crippen LogP) is 3.24. The molecule has 1 unspecified atom stereocenters. The van der Waals surface area contributed by atoms with Crippen LogP contribution >= 0.6 is 11.6 Å². The number of hydrogen-bond acceptors (Lipinski definition) is 9. The van der Waals surface area contributed by atoms with E-state index in [9.17, 15) is 14.0 Å². The highest BCUT2D eigenvalue weighted by atomic mass is 35.5. The van der Waals surface area contributed by atoms with Crippen LogP contribution in [0.5, 0.6) is 5.75 Å². The molecule has 1 atom stereocenters. The number of amides is 1. The Balaban J connectivity index is 1.28. The van der Waals surface area contributed by atoms with Gasteiger partial charge in [0.15, 0.2) is 5.75 Å². The number of aromatic nitrogens is 2. The molecule has 0 spiro atoms. The summed E-state index contributed by atoms with van der Waals surface area (Å²) in [6, 6.07) is 9.32. The number of benzene rings is 1. The number of anilines is 3. The lowest BCUT2D eigenvalue weighted by Gasteiger charge is -2.32. The van der Waals surface area contributed by atoms with Crippen LogP contribution in [0.2, 0.25) is 5.02 Å². The molecule has 0 bridgehead atoms. The van der Waals surface area contributed by atoms with E-state index >= 15 is 0 Å². The van der Waals surface area contributed by atoms with E-state index in [-0.39, 0.29) is 18.3 Å². The summed E-state index contributed by atoms with van der Waals surface area (Å²) in [5.41, 5.74) is 2.22. The van der Waals surface area contributed by atoms with Crippen LogP contribution in [-0.4, -0.2) is 79.2 Å². The smallest absolute Gasteiger partial charge is 0.324 e. The van der Waals surface area contributed by atoms with Crippen molar-refractivity contribution in [3.8, 4) is 17.0 Å². The Kier molecular flexibility index (Phi) is 8.20. The van der Waals surface area contributed by atoms with Crippen molar-refractivity contribution in [3.05, 3.63) is 59.6 Å². The van der Waals surface area contributed by atoms with E-state index in [4.69, 9.17) is 21.1 Å². The highest BCUT2D eigenvalue weighted by molar-refractivity contribution is 6.30. The molecule has 1 saturated heterocycles. The summed E-state index contributed by atoms with van der Waals surface area (Å²) in [5, 5.41) is 6.39. The van der Waals surface area contributed by atoms with Crippen molar-refractivity contribution >= 4 is 40.7 Å². The molecule has 1 fully saturated rings. The average molecular weight is 555 g/mol. The Morgan fingerprint density at radius 3 is 2.95 bits per heavy atom. The van der Waals surface area contributed by atoms with Crippen molar-refractivity contribution in [2.75, 3.05) is 56.7 Å². The molecule has 5 rings (SSSR count). The number of carbonyl (C=O) groups is 2. The lowest BCUT2D eigenvalue weighted by Crippen LogP contribution is -2.54. The third-order valence-corrected chi connectivity index (χ3v) is 6.87. The second-order valence-electron chi connectivity index (χ2n) is 9.19. The molecule has 0 saturated carbocycles. The number of fused-ring (bicyclic) bond motifs is 1. The fourth-order valence-corrected chi connectivity index (χ4v) is 4.84. The Morgan fingerprint density at radius 1 is 1.23 bits per heavy atom. The van der Waals surface area contributed by atoms with Crippen LogP contribution in [0.15, 0.2) is 48.8 Å². The highest BCUT2D eigenvalue weighted by Crippen LogP contribution is 2.39. The van der Waals surface area contributed by atoms with Gasteiger partial charge in [0.1, 0.15) is 24.3 Å². The number of rotatable bonds is 7. The fourth-order valence-electron chi connectivity index (χ4n) is 4.67. The Hall–Kier alpha value is -3.80. The number of nitrogens with zero attached hydrogens (tertiary/aromatic N) is 4. The van der Waals surface area contributed by atoms with Crippen LogP contribution in [0.3, 0.4) is 0 Å². The molecule has 2 aliphatic rings. The van der Waals surface area contributed by atoms with Crippen LogP contribution in [0.25, 0.3) is 11.3 Å². The minimum Gasteiger partial charge on any atom is -0.488 e. The summed E-state index contributed by atoms with van der Waals surface area (Å²) < 4.78 is 25.1. The number of esters is 1. The summed E-state index contributed by atoms with van der Waals surface area (Å²) in [7, 11) is 1.36. The van der Waals surface area contributed by atoms with E-state index in [2.05, 4.69) is 25.5 Å². The molecule has 10 nitrogen and oxygen atoms in total. The van der Waals surface area contributed by atoms with Gasteiger partial charge >= 0.3 is 5.97 Å². The van der Waals surface area contributed by atoms with Gasteiger partial charge in [-0.2, -0.15) is 0 Å². The standard InChI is InChI=1S/C27H28ClFN6O4/c1-38-27(37)22-16-34(9-7-30-22)8-5-26(36)33-25-13-18(4-6-31-25)35-10-11-39-24-15-32-21(14-23(24)35)19-12-17(28)2-3-20(19)29/h2-4,6,12-15,22,30H,5,7-11,16H2,1H3,(H,31,33,36). The first-order valence-electron chi connectivity index (χ1n) is 12.6. The molecule has 4 heterocycles. The molecule has 39 heavy (non-hydrogen) atoms. The Bertz CT molecular complexity index is 1380. The summed E-state index contributed by atoms with van der Waals surface area (Å²) in [4.78, 5) is 37.3. The summed E-state index contributed by atoms with van der Waals surface area (Å²) in [6.07, 6.45) is 3.44. The molecule has 2 N–H and O–H groups in total. The van der Waals surface area contributed by atoms with E-state index in [1.54, 1.807) is 24.5 Å². The van der Waals surface area contributed by atoms with E-state index in [1.165, 1.54) is 25.3 Å². The fraction of sp³-hybridized carbons (Fsp3) is 0.333. The van der Waals surface area contributed by atoms with Gasteiger partial charge in [-0.25, -0.2) is 9.37 Å². The molecule has 0 aliphatic carbocycles. The van der Waals surface area contributed by atoms with Gasteiger partial charge < -0.3 is 25.0 Å². The van der Waals surface area contributed by atoms with Gasteiger partial charge in [-0.05, 0) is 30.3 Å². The van der Waals surface area contributed by atoms with Crippen LogP contribution < -0.4 is 20.3 Å². The van der Waals surface area contributed by atoms with Gasteiger partial charge in [0.25, 0.3) is 0 Å². The average Bonchev–Trinajstić information content (AvgIpc) is 2.96. The molecule has 0 radical (unpaired) electrons. The zero-order valence-corrected chi connectivity index (χ0v) is 22.1. The van der Waals surface area contributed by atoms with E-state index < -0.39 is 11.9 Å². The number of pyridine rings is 2. The summed E-state index contributed by atoms with van der Waals surface area (Å²) in [6.45, 7) is 3.35. The molecule has 1 amide bonds. The number of ether oxygens (including phenoxy) is 2. The Morgan fingerprint density at radius 2 is 2.10 bits per heavy atom. The normalized spacial score (nSPS) is 17.2.